The quantitative estimate of drug-likeness (QED) is 0.384. The molecule has 0 amide bonds. The van der Waals surface area contributed by atoms with E-state index < -0.39 is 0 Å². The molecular formula is C11H16O3. The lowest BCUT2D eigenvalue weighted by molar-refractivity contribution is -0.140. The second kappa shape index (κ2) is 7.06. The molecule has 0 atom stereocenters. The van der Waals surface area contributed by atoms with Crippen molar-refractivity contribution < 1.29 is 14.3 Å². The highest BCUT2D eigenvalue weighted by molar-refractivity contribution is 5.87. The van der Waals surface area contributed by atoms with E-state index >= 15 is 0 Å². The number of carbonyl (C=O) groups is 2. The number of allylic oxidation sites excluding steroid dienone is 3. The first-order valence-electron chi connectivity index (χ1n) is 4.50. The Morgan fingerprint density at radius 1 is 1.21 bits per heavy atom. The van der Waals surface area contributed by atoms with Gasteiger partial charge in [0.2, 0.25) is 0 Å². The third-order valence-corrected chi connectivity index (χ3v) is 1.51. The Balaban J connectivity index is 3.78. The first kappa shape index (κ1) is 12.6. The maximum absolute atomic E-state index is 10.5. The fraction of sp³-hybridized carbons (Fsp3) is 0.455. The highest BCUT2D eigenvalue weighted by Crippen LogP contribution is 2.00. The van der Waals surface area contributed by atoms with Crippen LogP contribution in [0.2, 0.25) is 0 Å². The highest BCUT2D eigenvalue weighted by atomic mass is 16.5. The van der Waals surface area contributed by atoms with Crippen LogP contribution >= 0.6 is 0 Å². The van der Waals surface area contributed by atoms with Gasteiger partial charge in [-0.3, -0.25) is 9.59 Å². The fourth-order valence-corrected chi connectivity index (χ4v) is 0.787. The van der Waals surface area contributed by atoms with E-state index in [4.69, 9.17) is 4.74 Å². The van der Waals surface area contributed by atoms with Gasteiger partial charge in [-0.15, -0.1) is 0 Å². The van der Waals surface area contributed by atoms with Gasteiger partial charge in [0.25, 0.3) is 0 Å². The fourth-order valence-electron chi connectivity index (χ4n) is 0.787. The summed E-state index contributed by atoms with van der Waals surface area (Å²) < 4.78 is 4.77. The number of ether oxygens (including phenoxy) is 1. The van der Waals surface area contributed by atoms with Crippen LogP contribution in [0.5, 0.6) is 0 Å². The van der Waals surface area contributed by atoms with Gasteiger partial charge in [0.15, 0.2) is 5.78 Å². The summed E-state index contributed by atoms with van der Waals surface area (Å²) >= 11 is 0. The first-order chi connectivity index (χ1) is 6.52. The maximum atomic E-state index is 10.5. The monoisotopic (exact) mass is 196 g/mol. The Bertz CT molecular complexity index is 262. The van der Waals surface area contributed by atoms with Crippen LogP contribution in [-0.2, 0) is 14.3 Å². The van der Waals surface area contributed by atoms with Gasteiger partial charge in [-0.2, -0.15) is 0 Å². The van der Waals surface area contributed by atoms with Crippen LogP contribution in [0.3, 0.4) is 0 Å². The standard InChI is InChI=1S/C11H16O3/c1-9(5-4-6-10(2)12)7-8-14-11(3)13/h4-6H,7-8H2,1-3H3/b6-4+,9-5?. The molecule has 0 unspecified atom stereocenters. The van der Waals surface area contributed by atoms with Crippen molar-refractivity contribution in [2.75, 3.05) is 6.61 Å². The summed E-state index contributed by atoms with van der Waals surface area (Å²) in [6.07, 6.45) is 5.73. The van der Waals surface area contributed by atoms with Crippen molar-refractivity contribution in [1.82, 2.24) is 0 Å². The minimum Gasteiger partial charge on any atom is -0.466 e. The lowest BCUT2D eigenvalue weighted by atomic mass is 10.2. The normalized spacial score (nSPS) is 11.8. The van der Waals surface area contributed by atoms with Crippen LogP contribution in [-0.4, -0.2) is 18.4 Å². The Labute approximate surface area is 84.4 Å². The molecule has 3 nitrogen and oxygen atoms in total. The van der Waals surface area contributed by atoms with Gasteiger partial charge >= 0.3 is 5.97 Å². The Kier molecular flexibility index (Phi) is 6.37. The largest absolute Gasteiger partial charge is 0.466 e. The van der Waals surface area contributed by atoms with Gasteiger partial charge in [0.05, 0.1) is 6.61 Å². The zero-order chi connectivity index (χ0) is 11.0. The molecule has 0 spiro atoms. The zero-order valence-electron chi connectivity index (χ0n) is 8.87. The van der Waals surface area contributed by atoms with Crippen molar-refractivity contribution in [3.05, 3.63) is 23.8 Å². The molecule has 0 aliphatic rings. The van der Waals surface area contributed by atoms with Gasteiger partial charge in [0.1, 0.15) is 0 Å². The molecule has 0 saturated carbocycles. The van der Waals surface area contributed by atoms with Gasteiger partial charge < -0.3 is 4.74 Å². The summed E-state index contributed by atoms with van der Waals surface area (Å²) in [6.45, 7) is 5.20. The summed E-state index contributed by atoms with van der Waals surface area (Å²) in [5.74, 6) is -0.244. The van der Waals surface area contributed by atoms with Gasteiger partial charge in [0, 0.05) is 13.3 Å². The molecule has 0 radical (unpaired) electrons. The van der Waals surface area contributed by atoms with Crippen molar-refractivity contribution in [1.29, 1.82) is 0 Å². The number of rotatable bonds is 5. The zero-order valence-corrected chi connectivity index (χ0v) is 8.87. The number of carbonyl (C=O) groups excluding carboxylic acids is 2. The van der Waals surface area contributed by atoms with E-state index in [1.165, 1.54) is 19.9 Å². The molecule has 0 aliphatic heterocycles. The number of hydrogen-bond acceptors (Lipinski definition) is 3. The van der Waals surface area contributed by atoms with Crippen LogP contribution in [0.25, 0.3) is 0 Å². The van der Waals surface area contributed by atoms with Crippen LogP contribution in [0.15, 0.2) is 23.8 Å². The summed E-state index contributed by atoms with van der Waals surface area (Å²) in [4.78, 5) is 21.0. The van der Waals surface area contributed by atoms with E-state index in [1.807, 2.05) is 13.0 Å². The number of ketones is 1. The minimum absolute atomic E-state index is 0.0223. The molecule has 0 rings (SSSR count). The molecule has 0 N–H and O–H groups in total. The summed E-state index contributed by atoms with van der Waals surface area (Å²) in [5, 5.41) is 0. The molecule has 14 heavy (non-hydrogen) atoms. The van der Waals surface area contributed by atoms with E-state index in [-0.39, 0.29) is 11.8 Å². The molecular weight excluding hydrogens is 180 g/mol. The van der Waals surface area contributed by atoms with Crippen molar-refractivity contribution >= 4 is 11.8 Å². The molecule has 0 bridgehead atoms. The predicted octanol–water partition coefficient (Wildman–Crippen LogP) is 2.03. The maximum Gasteiger partial charge on any atom is 0.302 e. The number of esters is 1. The Morgan fingerprint density at radius 2 is 1.86 bits per heavy atom. The highest BCUT2D eigenvalue weighted by Gasteiger charge is 1.93. The molecule has 0 heterocycles. The summed E-state index contributed by atoms with van der Waals surface area (Å²) in [6, 6.07) is 0. The summed E-state index contributed by atoms with van der Waals surface area (Å²) in [7, 11) is 0. The van der Waals surface area contributed by atoms with Crippen molar-refractivity contribution in [3.8, 4) is 0 Å². The summed E-state index contributed by atoms with van der Waals surface area (Å²) in [5.41, 5.74) is 1.07. The Morgan fingerprint density at radius 3 is 2.36 bits per heavy atom. The third kappa shape index (κ3) is 8.71. The van der Waals surface area contributed by atoms with Gasteiger partial charge in [-0.25, -0.2) is 0 Å². The topological polar surface area (TPSA) is 43.4 Å². The lowest BCUT2D eigenvalue weighted by Gasteiger charge is -2.00. The van der Waals surface area contributed by atoms with Crippen molar-refractivity contribution in [2.45, 2.75) is 27.2 Å². The Hall–Kier alpha value is -1.38. The lowest BCUT2D eigenvalue weighted by Crippen LogP contribution is -2.00. The van der Waals surface area contributed by atoms with Crippen LogP contribution < -0.4 is 0 Å². The van der Waals surface area contributed by atoms with E-state index in [1.54, 1.807) is 6.08 Å². The predicted molar refractivity (Wildman–Crippen MR) is 54.8 cm³/mol. The third-order valence-electron chi connectivity index (χ3n) is 1.51. The molecule has 3 heteroatoms. The molecule has 0 aliphatic carbocycles. The molecule has 0 aromatic carbocycles. The molecule has 78 valence electrons. The smallest absolute Gasteiger partial charge is 0.302 e. The first-order valence-corrected chi connectivity index (χ1v) is 4.50. The van der Waals surface area contributed by atoms with Gasteiger partial charge in [-0.05, 0) is 19.9 Å². The van der Waals surface area contributed by atoms with Crippen LogP contribution in [0.4, 0.5) is 0 Å². The average molecular weight is 196 g/mol. The van der Waals surface area contributed by atoms with Crippen LogP contribution in [0.1, 0.15) is 27.2 Å². The molecule has 0 fully saturated rings. The van der Waals surface area contributed by atoms with Gasteiger partial charge in [-0.1, -0.05) is 17.7 Å². The molecule has 0 aromatic heterocycles. The van der Waals surface area contributed by atoms with E-state index in [9.17, 15) is 9.59 Å². The van der Waals surface area contributed by atoms with E-state index in [0.717, 1.165) is 5.57 Å². The van der Waals surface area contributed by atoms with E-state index in [2.05, 4.69) is 0 Å². The average Bonchev–Trinajstić information content (AvgIpc) is 2.02. The second-order valence-corrected chi connectivity index (χ2v) is 3.07. The minimum atomic E-state index is -0.267. The van der Waals surface area contributed by atoms with Crippen molar-refractivity contribution in [3.63, 3.8) is 0 Å². The van der Waals surface area contributed by atoms with E-state index in [0.29, 0.717) is 13.0 Å². The molecule has 0 aromatic rings. The SMILES string of the molecule is CC(=O)/C=C/C=C(C)CCOC(C)=O. The molecule has 0 saturated heterocycles. The van der Waals surface area contributed by atoms with Crippen LogP contribution in [0, 0.1) is 0 Å². The van der Waals surface area contributed by atoms with Crippen molar-refractivity contribution in [2.24, 2.45) is 0 Å². The second-order valence-electron chi connectivity index (χ2n) is 3.07. The number of hydrogen-bond donors (Lipinski definition) is 0.